The molecule has 9 nitrogen and oxygen atoms in total. The summed E-state index contributed by atoms with van der Waals surface area (Å²) in [5, 5.41) is 22.2. The highest BCUT2D eigenvalue weighted by Crippen LogP contribution is 2.44. The van der Waals surface area contributed by atoms with Crippen LogP contribution in [0.15, 0.2) is 66.9 Å². The summed E-state index contributed by atoms with van der Waals surface area (Å²) in [6.07, 6.45) is 8.78. The predicted molar refractivity (Wildman–Crippen MR) is 166 cm³/mol. The van der Waals surface area contributed by atoms with E-state index in [2.05, 4.69) is 64.5 Å². The number of halogens is 1. The van der Waals surface area contributed by atoms with E-state index in [1.807, 2.05) is 47.7 Å². The minimum atomic E-state index is -0.527. The van der Waals surface area contributed by atoms with Crippen molar-refractivity contribution in [3.05, 3.63) is 83.0 Å². The van der Waals surface area contributed by atoms with Gasteiger partial charge in [-0.05, 0) is 54.3 Å². The Kier molecular flexibility index (Phi) is 6.92. The first kappa shape index (κ1) is 27.8. The number of nitrogens with zero attached hydrogens (tertiary/aromatic N) is 4. The number of fused-ring (bicyclic) bond motifs is 2. The van der Waals surface area contributed by atoms with Crippen LogP contribution < -0.4 is 21.6 Å². The quantitative estimate of drug-likeness (QED) is 0.193. The largest absolute Gasteiger partial charge is 0.383 e. The monoisotopic (exact) mass is 580 g/mol. The number of carbonyl (C=O) groups is 1. The second-order valence-corrected chi connectivity index (χ2v) is 12.6. The Balaban J connectivity index is 1.46. The molecule has 10 heteroatoms. The van der Waals surface area contributed by atoms with E-state index in [0.717, 1.165) is 45.9 Å². The smallest absolute Gasteiger partial charge is 0.156 e. The van der Waals surface area contributed by atoms with Crippen LogP contribution in [-0.4, -0.2) is 32.8 Å². The summed E-state index contributed by atoms with van der Waals surface area (Å²) in [7, 11) is 0. The topological polar surface area (TPSA) is 118 Å². The first-order chi connectivity index (χ1) is 20.1. The number of carbonyl (C=O) groups excluding carboxylic acids is 1. The molecule has 42 heavy (non-hydrogen) atoms. The lowest BCUT2D eigenvalue weighted by Crippen LogP contribution is -2.48. The second kappa shape index (κ2) is 10.5. The third kappa shape index (κ3) is 5.08. The van der Waals surface area contributed by atoms with E-state index in [4.69, 9.17) is 11.6 Å². The van der Waals surface area contributed by atoms with Crippen LogP contribution in [0.4, 0.5) is 11.4 Å². The fourth-order valence-corrected chi connectivity index (χ4v) is 5.72. The maximum absolute atomic E-state index is 12.5. The maximum Gasteiger partial charge on any atom is 0.156 e. The molecule has 0 amide bonds. The Morgan fingerprint density at radius 2 is 2.02 bits per heavy atom. The highest BCUT2D eigenvalue weighted by Gasteiger charge is 2.53. The van der Waals surface area contributed by atoms with Crippen LogP contribution in [0.25, 0.3) is 21.7 Å². The van der Waals surface area contributed by atoms with Gasteiger partial charge in [0.25, 0.3) is 0 Å². The van der Waals surface area contributed by atoms with Crippen molar-refractivity contribution in [1.82, 2.24) is 25.9 Å². The lowest BCUT2D eigenvalue weighted by molar-refractivity contribution is -0.123. The van der Waals surface area contributed by atoms with E-state index >= 15 is 0 Å². The zero-order valence-electron chi connectivity index (χ0n) is 24.0. The Hall–Kier alpha value is -4.39. The van der Waals surface area contributed by atoms with Crippen molar-refractivity contribution in [2.45, 2.75) is 52.1 Å². The highest BCUT2D eigenvalue weighted by atomic mass is 35.5. The molecule has 2 aromatic carbocycles. The molecule has 1 aliphatic carbocycles. The van der Waals surface area contributed by atoms with Crippen molar-refractivity contribution < 1.29 is 4.79 Å². The normalized spacial score (nSPS) is 16.5. The third-order valence-corrected chi connectivity index (χ3v) is 8.21. The Morgan fingerprint density at radius 3 is 2.74 bits per heavy atom. The number of rotatable bonds is 8. The van der Waals surface area contributed by atoms with Crippen molar-refractivity contribution in [1.29, 1.82) is 5.26 Å². The minimum Gasteiger partial charge on any atom is -0.383 e. The van der Waals surface area contributed by atoms with Crippen molar-refractivity contribution in [3.8, 4) is 6.07 Å². The zero-order chi connectivity index (χ0) is 29.6. The van der Waals surface area contributed by atoms with Crippen LogP contribution in [0.2, 0.25) is 5.02 Å². The van der Waals surface area contributed by atoms with E-state index < -0.39 is 5.54 Å². The van der Waals surface area contributed by atoms with Crippen molar-refractivity contribution >= 4 is 50.4 Å². The average Bonchev–Trinajstić information content (AvgIpc) is 3.64. The van der Waals surface area contributed by atoms with Gasteiger partial charge in [0.2, 0.25) is 0 Å². The number of nitriles is 1. The van der Waals surface area contributed by atoms with E-state index in [1.165, 1.54) is 0 Å². The van der Waals surface area contributed by atoms with Crippen LogP contribution in [0.5, 0.6) is 0 Å². The SMILES string of the molecule is CC(=O)C1(N2C=C([C@@H](Nc3cc(Cl)c4ncc(C#N)c(NCC(C)(C)C)c4c3)c3cccc4cnccc34)NN2)CC1. The molecule has 214 valence electrons. The van der Waals surface area contributed by atoms with Crippen LogP contribution in [0.3, 0.4) is 0 Å². The van der Waals surface area contributed by atoms with Crippen LogP contribution in [-0.2, 0) is 4.79 Å². The minimum absolute atomic E-state index is 0.00538. The van der Waals surface area contributed by atoms with E-state index in [9.17, 15) is 10.1 Å². The second-order valence-electron chi connectivity index (χ2n) is 12.2. The molecule has 1 saturated carbocycles. The summed E-state index contributed by atoms with van der Waals surface area (Å²) in [5.41, 5.74) is 10.4. The zero-order valence-corrected chi connectivity index (χ0v) is 24.8. The molecule has 4 N–H and O–H groups in total. The molecule has 1 aliphatic heterocycles. The number of nitrogens with one attached hydrogen (secondary N) is 4. The predicted octanol–water partition coefficient (Wildman–Crippen LogP) is 6.21. The van der Waals surface area contributed by atoms with Gasteiger partial charge in [-0.3, -0.25) is 19.8 Å². The fraction of sp³-hybridized carbons (Fsp3) is 0.312. The average molecular weight is 581 g/mol. The Labute approximate surface area is 249 Å². The number of hydrogen-bond donors (Lipinski definition) is 4. The van der Waals surface area contributed by atoms with Crippen LogP contribution in [0.1, 0.15) is 57.7 Å². The molecule has 6 rings (SSSR count). The van der Waals surface area contributed by atoms with Gasteiger partial charge in [0, 0.05) is 47.8 Å². The number of benzene rings is 2. The molecular weight excluding hydrogens is 548 g/mol. The van der Waals surface area contributed by atoms with Gasteiger partial charge in [0.05, 0.1) is 33.5 Å². The summed E-state index contributed by atoms with van der Waals surface area (Å²) in [6, 6.07) is 13.9. The molecule has 1 fully saturated rings. The third-order valence-electron chi connectivity index (χ3n) is 7.92. The highest BCUT2D eigenvalue weighted by molar-refractivity contribution is 6.35. The molecule has 4 aromatic rings. The molecule has 0 bridgehead atoms. The van der Waals surface area contributed by atoms with Crippen LogP contribution in [0, 0.1) is 16.7 Å². The number of hydrogen-bond acceptors (Lipinski definition) is 9. The van der Waals surface area contributed by atoms with Crippen LogP contribution >= 0.6 is 11.6 Å². The fourth-order valence-electron chi connectivity index (χ4n) is 5.45. The van der Waals surface area contributed by atoms with Crippen molar-refractivity contribution in [3.63, 3.8) is 0 Å². The van der Waals surface area contributed by atoms with E-state index in [-0.39, 0.29) is 17.2 Å². The molecule has 0 radical (unpaired) electrons. The molecular formula is C32H33ClN8O. The molecule has 2 aliphatic rings. The van der Waals surface area contributed by atoms with Gasteiger partial charge >= 0.3 is 0 Å². The number of ketones is 1. The first-order valence-corrected chi connectivity index (χ1v) is 14.4. The van der Waals surface area contributed by atoms with Gasteiger partial charge in [-0.15, -0.1) is 5.53 Å². The van der Waals surface area contributed by atoms with Crippen molar-refractivity contribution in [2.75, 3.05) is 17.2 Å². The number of hydrazine groups is 2. The summed E-state index contributed by atoms with van der Waals surface area (Å²) >= 11 is 6.82. The Bertz CT molecular complexity index is 1780. The lowest BCUT2D eigenvalue weighted by atomic mass is 9.96. The summed E-state index contributed by atoms with van der Waals surface area (Å²) in [4.78, 5) is 21.3. The summed E-state index contributed by atoms with van der Waals surface area (Å²) in [5.74, 6) is 0.132. The Morgan fingerprint density at radius 1 is 1.21 bits per heavy atom. The lowest BCUT2D eigenvalue weighted by Gasteiger charge is -2.24. The molecule has 0 saturated heterocycles. The van der Waals surface area contributed by atoms with Gasteiger partial charge in [0.1, 0.15) is 11.6 Å². The van der Waals surface area contributed by atoms with Gasteiger partial charge in [-0.25, -0.2) is 0 Å². The van der Waals surface area contributed by atoms with E-state index in [0.29, 0.717) is 28.3 Å². The van der Waals surface area contributed by atoms with Gasteiger partial charge in [-0.1, -0.05) is 50.6 Å². The summed E-state index contributed by atoms with van der Waals surface area (Å²) < 4.78 is 0. The number of aromatic nitrogens is 2. The van der Waals surface area contributed by atoms with Gasteiger partial charge in [0.15, 0.2) is 5.78 Å². The van der Waals surface area contributed by atoms with Gasteiger partial charge < -0.3 is 16.1 Å². The standard InChI is InChI=1S/C32H33ClN8O/c1-19(42)32(9-10-32)41-17-27(39-40-41)30(24-7-5-6-20-15-35-11-8-23(20)24)38-22-12-25-28(37-18-31(2,3)4)21(14-34)16-36-29(25)26(33)13-22/h5-8,11-13,15-17,30,38-40H,9-10,18H2,1-4H3,(H,36,37)/t30-/m0/s1. The molecule has 2 aromatic heterocycles. The molecule has 1 atom stereocenters. The number of Topliss-reactive ketones (excluding diaryl/α,β-unsaturated/α-hetero) is 1. The van der Waals surface area contributed by atoms with Gasteiger partial charge in [-0.2, -0.15) is 5.26 Å². The number of pyridine rings is 2. The summed E-state index contributed by atoms with van der Waals surface area (Å²) in [6.45, 7) is 8.71. The molecule has 0 unspecified atom stereocenters. The van der Waals surface area contributed by atoms with E-state index in [1.54, 1.807) is 19.3 Å². The molecule has 3 heterocycles. The molecule has 0 spiro atoms. The van der Waals surface area contributed by atoms with Crippen molar-refractivity contribution in [2.24, 2.45) is 5.41 Å². The maximum atomic E-state index is 12.5. The first-order valence-electron chi connectivity index (χ1n) is 14.0. The number of anilines is 2.